The van der Waals surface area contributed by atoms with Crippen LogP contribution >= 0.6 is 11.3 Å². The van der Waals surface area contributed by atoms with E-state index in [4.69, 9.17) is 22.9 Å². The molecule has 2 heterocycles. The van der Waals surface area contributed by atoms with Gasteiger partial charge in [0, 0.05) is 19.1 Å². The van der Waals surface area contributed by atoms with Gasteiger partial charge in [-0.25, -0.2) is 0 Å². The zero-order valence-corrected chi connectivity index (χ0v) is 10.5. The summed E-state index contributed by atoms with van der Waals surface area (Å²) < 4.78 is 0. The quantitative estimate of drug-likeness (QED) is 0.560. The molecule has 0 aromatic carbocycles. The first-order chi connectivity index (χ1) is 8.41. The average molecular weight is 269 g/mol. The first kappa shape index (κ1) is 12.7. The van der Waals surface area contributed by atoms with Gasteiger partial charge in [-0.05, 0) is 6.42 Å². The van der Waals surface area contributed by atoms with Crippen LogP contribution in [0.15, 0.2) is 0 Å². The molecular formula is C10H15N5O2S. The smallest absolute Gasteiger partial charge is 0.260 e. The predicted molar refractivity (Wildman–Crippen MR) is 70.6 cm³/mol. The number of hydrogen-bond acceptors (Lipinski definition) is 6. The summed E-state index contributed by atoms with van der Waals surface area (Å²) in [5.74, 6) is -1.32. The molecule has 0 spiro atoms. The normalized spacial score (nSPS) is 19.2. The summed E-state index contributed by atoms with van der Waals surface area (Å²) in [6, 6.07) is 0.0473. The topological polar surface area (TPSA) is 141 Å². The summed E-state index contributed by atoms with van der Waals surface area (Å²) in [5, 5.41) is 0.585. The Balaban J connectivity index is 2.49. The third-order valence-corrected chi connectivity index (χ3v) is 4.19. The van der Waals surface area contributed by atoms with Gasteiger partial charge in [0.25, 0.3) is 11.8 Å². The lowest BCUT2D eigenvalue weighted by atomic mass is 10.2. The lowest BCUT2D eigenvalue weighted by molar-refractivity contribution is 0.0999. The van der Waals surface area contributed by atoms with E-state index in [-0.39, 0.29) is 22.2 Å². The van der Waals surface area contributed by atoms with E-state index in [1.54, 1.807) is 0 Å². The van der Waals surface area contributed by atoms with Crippen LogP contribution in [0.2, 0.25) is 0 Å². The zero-order valence-electron chi connectivity index (χ0n) is 9.68. The number of nitrogens with two attached hydrogens (primary N) is 4. The van der Waals surface area contributed by atoms with Gasteiger partial charge in [0.2, 0.25) is 0 Å². The molecule has 98 valence electrons. The van der Waals surface area contributed by atoms with Crippen molar-refractivity contribution in [3.63, 3.8) is 0 Å². The number of primary amides is 2. The second-order valence-electron chi connectivity index (χ2n) is 4.25. The molecule has 0 saturated carbocycles. The minimum absolute atomic E-state index is 0.0473. The van der Waals surface area contributed by atoms with Crippen LogP contribution in [0.5, 0.6) is 0 Å². The van der Waals surface area contributed by atoms with Gasteiger partial charge in [0.05, 0.1) is 11.3 Å². The van der Waals surface area contributed by atoms with Crippen molar-refractivity contribution in [2.45, 2.75) is 12.5 Å². The lowest BCUT2D eigenvalue weighted by Gasteiger charge is -2.16. The van der Waals surface area contributed by atoms with Crippen molar-refractivity contribution in [3.05, 3.63) is 10.4 Å². The maximum atomic E-state index is 11.5. The molecule has 0 aliphatic carbocycles. The Morgan fingerprint density at radius 1 is 1.28 bits per heavy atom. The summed E-state index contributed by atoms with van der Waals surface area (Å²) in [7, 11) is 0. The van der Waals surface area contributed by atoms with Crippen LogP contribution < -0.4 is 27.8 Å². The molecule has 1 atom stereocenters. The summed E-state index contributed by atoms with van der Waals surface area (Å²) in [6.07, 6.45) is 0.821. The molecule has 1 unspecified atom stereocenters. The van der Waals surface area contributed by atoms with Crippen molar-refractivity contribution in [1.29, 1.82) is 0 Å². The molecule has 0 bridgehead atoms. The molecule has 1 aliphatic heterocycles. The molecular weight excluding hydrogens is 254 g/mol. The van der Waals surface area contributed by atoms with Crippen LogP contribution in [0.3, 0.4) is 0 Å². The maximum Gasteiger partial charge on any atom is 0.260 e. The molecule has 7 nitrogen and oxygen atoms in total. The third kappa shape index (κ3) is 2.00. The van der Waals surface area contributed by atoms with E-state index >= 15 is 0 Å². The molecule has 0 radical (unpaired) electrons. The fraction of sp³-hybridized carbons (Fsp3) is 0.400. The van der Waals surface area contributed by atoms with Crippen LogP contribution in [-0.4, -0.2) is 30.9 Å². The van der Waals surface area contributed by atoms with Gasteiger partial charge in [0.1, 0.15) is 9.88 Å². The van der Waals surface area contributed by atoms with Gasteiger partial charge < -0.3 is 27.8 Å². The van der Waals surface area contributed by atoms with Gasteiger partial charge in [-0.1, -0.05) is 0 Å². The Kier molecular flexibility index (Phi) is 3.14. The molecule has 1 aromatic rings. The van der Waals surface area contributed by atoms with Crippen LogP contribution in [0.25, 0.3) is 0 Å². The third-order valence-electron chi connectivity index (χ3n) is 2.91. The second-order valence-corrected chi connectivity index (χ2v) is 5.25. The van der Waals surface area contributed by atoms with Gasteiger partial charge in [0.15, 0.2) is 0 Å². The van der Waals surface area contributed by atoms with Crippen molar-refractivity contribution in [2.24, 2.45) is 17.2 Å². The largest absolute Gasteiger partial charge is 0.397 e. The Morgan fingerprint density at radius 2 is 1.94 bits per heavy atom. The van der Waals surface area contributed by atoms with E-state index in [9.17, 15) is 9.59 Å². The Labute approximate surface area is 108 Å². The van der Waals surface area contributed by atoms with E-state index in [1.165, 1.54) is 0 Å². The van der Waals surface area contributed by atoms with E-state index < -0.39 is 11.8 Å². The van der Waals surface area contributed by atoms with E-state index in [0.29, 0.717) is 18.1 Å². The standard InChI is InChI=1S/C10H15N5O2S/c11-4-1-2-15(3-4)10-5(8(13)16)6(12)7(18-10)9(14)17/h4H,1-3,11-12H2,(H2,13,16)(H2,14,17). The molecule has 1 fully saturated rings. The first-order valence-corrected chi connectivity index (χ1v) is 6.25. The number of carbonyl (C=O) groups is 2. The van der Waals surface area contributed by atoms with Crippen molar-refractivity contribution < 1.29 is 9.59 Å². The van der Waals surface area contributed by atoms with Crippen LogP contribution in [0.4, 0.5) is 10.7 Å². The number of amides is 2. The number of anilines is 2. The Bertz CT molecular complexity index is 513. The van der Waals surface area contributed by atoms with Crippen molar-refractivity contribution >= 4 is 33.8 Å². The van der Waals surface area contributed by atoms with Crippen LogP contribution in [0.1, 0.15) is 26.5 Å². The number of rotatable bonds is 3. The molecule has 2 amide bonds. The number of nitrogen functional groups attached to an aromatic ring is 1. The van der Waals surface area contributed by atoms with Crippen LogP contribution in [0, 0.1) is 0 Å². The fourth-order valence-corrected chi connectivity index (χ4v) is 3.16. The highest BCUT2D eigenvalue weighted by molar-refractivity contribution is 7.19. The highest BCUT2D eigenvalue weighted by Crippen LogP contribution is 2.39. The highest BCUT2D eigenvalue weighted by Gasteiger charge is 2.29. The molecule has 8 N–H and O–H groups in total. The zero-order chi connectivity index (χ0) is 13.4. The SMILES string of the molecule is NC(=O)c1sc(N2CCC(N)C2)c(C(N)=O)c1N. The monoisotopic (exact) mass is 269 g/mol. The van der Waals surface area contributed by atoms with Gasteiger partial charge in [-0.3, -0.25) is 9.59 Å². The van der Waals surface area contributed by atoms with Gasteiger partial charge >= 0.3 is 0 Å². The molecule has 1 saturated heterocycles. The Hall–Kier alpha value is -1.80. The summed E-state index contributed by atoms with van der Waals surface area (Å²) in [6.45, 7) is 1.32. The highest BCUT2D eigenvalue weighted by atomic mass is 32.1. The maximum absolute atomic E-state index is 11.5. The van der Waals surface area contributed by atoms with E-state index in [0.717, 1.165) is 17.8 Å². The van der Waals surface area contributed by atoms with Crippen molar-refractivity contribution in [3.8, 4) is 0 Å². The number of hydrogen-bond donors (Lipinski definition) is 4. The summed E-state index contributed by atoms with van der Waals surface area (Å²) >= 11 is 1.09. The number of thiophene rings is 1. The molecule has 8 heteroatoms. The van der Waals surface area contributed by atoms with E-state index in [2.05, 4.69) is 0 Å². The average Bonchev–Trinajstić information content (AvgIpc) is 2.81. The predicted octanol–water partition coefficient (Wildman–Crippen LogP) is -0.934. The molecule has 1 aromatic heterocycles. The first-order valence-electron chi connectivity index (χ1n) is 5.44. The fourth-order valence-electron chi connectivity index (χ4n) is 2.05. The Morgan fingerprint density at radius 3 is 2.39 bits per heavy atom. The number of nitrogens with zero attached hydrogens (tertiary/aromatic N) is 1. The van der Waals surface area contributed by atoms with Crippen molar-refractivity contribution in [1.82, 2.24) is 0 Å². The molecule has 2 rings (SSSR count). The van der Waals surface area contributed by atoms with E-state index in [1.807, 2.05) is 4.90 Å². The second kappa shape index (κ2) is 4.46. The molecule has 18 heavy (non-hydrogen) atoms. The lowest BCUT2D eigenvalue weighted by Crippen LogP contribution is -2.27. The van der Waals surface area contributed by atoms with Gasteiger partial charge in [-0.2, -0.15) is 0 Å². The van der Waals surface area contributed by atoms with Crippen LogP contribution in [-0.2, 0) is 0 Å². The summed E-state index contributed by atoms with van der Waals surface area (Å²) in [4.78, 5) is 24.8. The van der Waals surface area contributed by atoms with Crippen molar-refractivity contribution in [2.75, 3.05) is 23.7 Å². The molecule has 1 aliphatic rings. The number of carbonyl (C=O) groups excluding carboxylic acids is 2. The minimum Gasteiger partial charge on any atom is -0.397 e. The summed E-state index contributed by atoms with van der Waals surface area (Å²) in [5.41, 5.74) is 22.3. The van der Waals surface area contributed by atoms with Gasteiger partial charge in [-0.15, -0.1) is 11.3 Å². The minimum atomic E-state index is -0.660.